The third kappa shape index (κ3) is 3.25. The van der Waals surface area contributed by atoms with Crippen LogP contribution in [0.15, 0.2) is 17.0 Å². The van der Waals surface area contributed by atoms with Gasteiger partial charge >= 0.3 is 0 Å². The Labute approximate surface area is 114 Å². The average Bonchev–Trinajstić information content (AvgIpc) is 2.34. The van der Waals surface area contributed by atoms with Gasteiger partial charge in [0.1, 0.15) is 5.82 Å². The molecule has 0 aliphatic heterocycles. The maximum atomic E-state index is 13.6. The molecule has 1 rings (SSSR count). The second-order valence-electron chi connectivity index (χ2n) is 4.78. The molecule has 19 heavy (non-hydrogen) atoms. The lowest BCUT2D eigenvalue weighted by molar-refractivity contribution is 0.368. The highest BCUT2D eigenvalue weighted by Crippen LogP contribution is 2.24. The van der Waals surface area contributed by atoms with Crippen molar-refractivity contribution < 1.29 is 12.8 Å². The van der Waals surface area contributed by atoms with Crippen molar-refractivity contribution in [3.8, 4) is 0 Å². The third-order valence-electron chi connectivity index (χ3n) is 3.36. The molecule has 0 heterocycles. The molecule has 0 fully saturated rings. The molecule has 0 spiro atoms. The van der Waals surface area contributed by atoms with E-state index in [1.807, 2.05) is 13.8 Å². The van der Waals surface area contributed by atoms with Gasteiger partial charge in [0.25, 0.3) is 0 Å². The van der Waals surface area contributed by atoms with Crippen molar-refractivity contribution in [2.45, 2.75) is 44.6 Å². The molecule has 0 saturated carbocycles. The number of anilines is 1. The Morgan fingerprint density at radius 2 is 2.00 bits per heavy atom. The monoisotopic (exact) mass is 288 g/mol. The Morgan fingerprint density at radius 1 is 1.42 bits per heavy atom. The molecule has 0 aromatic heterocycles. The molecular weight excluding hydrogens is 267 g/mol. The second kappa shape index (κ2) is 5.88. The number of benzene rings is 1. The van der Waals surface area contributed by atoms with E-state index < -0.39 is 15.8 Å². The molecule has 0 amide bonds. The summed E-state index contributed by atoms with van der Waals surface area (Å²) in [6.07, 6.45) is 1.63. The molecule has 4 nitrogen and oxygen atoms in total. The number of nitrogens with two attached hydrogens (primary N) is 1. The third-order valence-corrected chi connectivity index (χ3v) is 5.31. The normalized spacial score (nSPS) is 13.8. The summed E-state index contributed by atoms with van der Waals surface area (Å²) in [4.78, 5) is -0.0986. The number of rotatable bonds is 5. The highest BCUT2D eigenvalue weighted by atomic mass is 32.2. The first-order valence-corrected chi connectivity index (χ1v) is 7.69. The van der Waals surface area contributed by atoms with Crippen LogP contribution in [0.3, 0.4) is 0 Å². The van der Waals surface area contributed by atoms with Crippen molar-refractivity contribution >= 4 is 15.7 Å². The van der Waals surface area contributed by atoms with Gasteiger partial charge in [-0.25, -0.2) is 12.8 Å². The highest BCUT2D eigenvalue weighted by Gasteiger charge is 2.26. The van der Waals surface area contributed by atoms with Crippen LogP contribution in [0.5, 0.6) is 0 Å². The lowest BCUT2D eigenvalue weighted by atomic mass is 10.2. The first-order valence-electron chi connectivity index (χ1n) is 6.25. The minimum Gasteiger partial charge on any atom is -0.398 e. The second-order valence-corrected chi connectivity index (χ2v) is 6.78. The van der Waals surface area contributed by atoms with Crippen LogP contribution < -0.4 is 5.73 Å². The van der Waals surface area contributed by atoms with Gasteiger partial charge in [0, 0.05) is 24.3 Å². The van der Waals surface area contributed by atoms with Crippen LogP contribution in [0.1, 0.15) is 32.3 Å². The van der Waals surface area contributed by atoms with Crippen LogP contribution in [-0.4, -0.2) is 25.8 Å². The summed E-state index contributed by atoms with van der Waals surface area (Å²) in [5.74, 6) is -0.602. The number of nitrogens with zero attached hydrogens (tertiary/aromatic N) is 1. The predicted molar refractivity (Wildman–Crippen MR) is 74.9 cm³/mol. The maximum absolute atomic E-state index is 13.6. The van der Waals surface area contributed by atoms with Crippen LogP contribution in [0.25, 0.3) is 0 Å². The fourth-order valence-electron chi connectivity index (χ4n) is 1.83. The minimum atomic E-state index is -3.71. The summed E-state index contributed by atoms with van der Waals surface area (Å²) in [5, 5.41) is 0. The molecule has 0 saturated heterocycles. The fraction of sp³-hybridized carbons (Fsp3) is 0.538. The zero-order valence-corrected chi connectivity index (χ0v) is 12.6. The summed E-state index contributed by atoms with van der Waals surface area (Å²) in [5.41, 5.74) is 6.05. The predicted octanol–water partition coefficient (Wildman–Crippen LogP) is 2.53. The van der Waals surface area contributed by atoms with E-state index in [-0.39, 0.29) is 22.2 Å². The first-order chi connectivity index (χ1) is 8.71. The summed E-state index contributed by atoms with van der Waals surface area (Å²) in [6.45, 7) is 5.33. The summed E-state index contributed by atoms with van der Waals surface area (Å²) >= 11 is 0. The van der Waals surface area contributed by atoms with Gasteiger partial charge in [-0.3, -0.25) is 0 Å². The first kappa shape index (κ1) is 15.9. The van der Waals surface area contributed by atoms with Crippen molar-refractivity contribution in [1.29, 1.82) is 0 Å². The van der Waals surface area contributed by atoms with E-state index in [1.165, 1.54) is 24.3 Å². The van der Waals surface area contributed by atoms with E-state index in [0.29, 0.717) is 0 Å². The Balaban J connectivity index is 3.21. The van der Waals surface area contributed by atoms with Gasteiger partial charge in [-0.1, -0.05) is 13.3 Å². The van der Waals surface area contributed by atoms with Gasteiger partial charge in [-0.15, -0.1) is 0 Å². The van der Waals surface area contributed by atoms with E-state index in [2.05, 4.69) is 0 Å². The van der Waals surface area contributed by atoms with Crippen molar-refractivity contribution in [3.63, 3.8) is 0 Å². The molecule has 1 unspecified atom stereocenters. The minimum absolute atomic E-state index is 0.0986. The lowest BCUT2D eigenvalue weighted by Gasteiger charge is -2.24. The highest BCUT2D eigenvalue weighted by molar-refractivity contribution is 7.89. The van der Waals surface area contributed by atoms with Crippen LogP contribution in [-0.2, 0) is 10.0 Å². The van der Waals surface area contributed by atoms with Gasteiger partial charge in [-0.05, 0) is 32.4 Å². The number of hydrogen-bond acceptors (Lipinski definition) is 3. The molecule has 0 aliphatic rings. The molecule has 2 N–H and O–H groups in total. The zero-order valence-electron chi connectivity index (χ0n) is 11.8. The van der Waals surface area contributed by atoms with Gasteiger partial charge in [0.2, 0.25) is 10.0 Å². The molecule has 1 atom stereocenters. The number of hydrogen-bond donors (Lipinski definition) is 1. The van der Waals surface area contributed by atoms with Crippen molar-refractivity contribution in [1.82, 2.24) is 4.31 Å². The molecule has 0 aliphatic carbocycles. The molecule has 1 aromatic rings. The SMILES string of the molecule is CCCC(C)N(C)S(=O)(=O)c1cc(N)c(C)c(F)c1. The molecule has 108 valence electrons. The van der Waals surface area contributed by atoms with Crippen LogP contribution >= 0.6 is 0 Å². The van der Waals surface area contributed by atoms with Gasteiger partial charge in [0.05, 0.1) is 4.90 Å². The Kier molecular flexibility index (Phi) is 4.92. The van der Waals surface area contributed by atoms with Gasteiger partial charge < -0.3 is 5.73 Å². The van der Waals surface area contributed by atoms with Crippen molar-refractivity contribution in [2.24, 2.45) is 0 Å². The van der Waals surface area contributed by atoms with Crippen LogP contribution in [0.4, 0.5) is 10.1 Å². The molecule has 1 aromatic carbocycles. The molecule has 0 bridgehead atoms. The number of halogens is 1. The van der Waals surface area contributed by atoms with Crippen LogP contribution in [0, 0.1) is 12.7 Å². The maximum Gasteiger partial charge on any atom is 0.243 e. The van der Waals surface area contributed by atoms with E-state index in [0.717, 1.165) is 18.9 Å². The number of nitrogen functional groups attached to an aromatic ring is 1. The largest absolute Gasteiger partial charge is 0.398 e. The average molecular weight is 288 g/mol. The van der Waals surface area contributed by atoms with E-state index in [4.69, 9.17) is 5.73 Å². The molecular formula is C13H21FN2O2S. The standard InChI is InChI=1S/C13H21FN2O2S/c1-5-6-9(2)16(4)19(17,18)11-7-12(14)10(3)13(15)8-11/h7-9H,5-6,15H2,1-4H3. The van der Waals surface area contributed by atoms with Crippen molar-refractivity contribution in [3.05, 3.63) is 23.5 Å². The summed E-state index contributed by atoms with van der Waals surface area (Å²) < 4.78 is 39.6. The Morgan fingerprint density at radius 3 is 2.47 bits per heavy atom. The van der Waals surface area contributed by atoms with E-state index in [9.17, 15) is 12.8 Å². The van der Waals surface area contributed by atoms with Gasteiger partial charge in [0.15, 0.2) is 0 Å². The molecule has 0 radical (unpaired) electrons. The zero-order chi connectivity index (χ0) is 14.8. The summed E-state index contributed by atoms with van der Waals surface area (Å²) in [6, 6.07) is 2.19. The smallest absolute Gasteiger partial charge is 0.243 e. The fourth-order valence-corrected chi connectivity index (χ4v) is 3.27. The van der Waals surface area contributed by atoms with E-state index in [1.54, 1.807) is 0 Å². The van der Waals surface area contributed by atoms with Crippen molar-refractivity contribution in [2.75, 3.05) is 12.8 Å². The Bertz CT molecular complexity index is 535. The lowest BCUT2D eigenvalue weighted by Crippen LogP contribution is -2.35. The van der Waals surface area contributed by atoms with Crippen LogP contribution in [0.2, 0.25) is 0 Å². The van der Waals surface area contributed by atoms with E-state index >= 15 is 0 Å². The quantitative estimate of drug-likeness (QED) is 0.847. The topological polar surface area (TPSA) is 63.4 Å². The Hall–Kier alpha value is -1.14. The van der Waals surface area contributed by atoms with Gasteiger partial charge in [-0.2, -0.15) is 4.31 Å². The number of sulfonamides is 1. The summed E-state index contributed by atoms with van der Waals surface area (Å²) in [7, 11) is -2.21. The molecule has 6 heteroatoms.